The van der Waals surface area contributed by atoms with E-state index in [1.165, 1.54) is 5.56 Å². The second kappa shape index (κ2) is 5.73. The molecule has 0 fully saturated rings. The fourth-order valence-electron chi connectivity index (χ4n) is 1.38. The van der Waals surface area contributed by atoms with Gasteiger partial charge in [-0.25, -0.2) is 0 Å². The van der Waals surface area contributed by atoms with Crippen molar-refractivity contribution in [3.8, 4) is 0 Å². The van der Waals surface area contributed by atoms with Crippen LogP contribution in [0.1, 0.15) is 12.5 Å². The SMILES string of the molecule is CNCC(C)N(C)Cc1ccncc1. The zero-order chi connectivity index (χ0) is 10.4. The molecule has 0 aromatic carbocycles. The molecule has 3 nitrogen and oxygen atoms in total. The molecule has 0 aliphatic carbocycles. The van der Waals surface area contributed by atoms with Gasteiger partial charge in [-0.1, -0.05) is 0 Å². The van der Waals surface area contributed by atoms with Gasteiger partial charge in [0.05, 0.1) is 0 Å². The molecule has 0 bridgehead atoms. The van der Waals surface area contributed by atoms with Gasteiger partial charge in [0.1, 0.15) is 0 Å². The van der Waals surface area contributed by atoms with Crippen LogP contribution in [0.3, 0.4) is 0 Å². The molecule has 0 saturated heterocycles. The van der Waals surface area contributed by atoms with E-state index in [0.29, 0.717) is 6.04 Å². The predicted molar refractivity (Wildman–Crippen MR) is 59.1 cm³/mol. The molecule has 0 aliphatic rings. The Morgan fingerprint density at radius 3 is 2.64 bits per heavy atom. The standard InChI is InChI=1S/C11H19N3/c1-10(8-12-2)14(3)9-11-4-6-13-7-5-11/h4-7,10,12H,8-9H2,1-3H3. The third-order valence-corrected chi connectivity index (χ3v) is 2.43. The van der Waals surface area contributed by atoms with Gasteiger partial charge in [0.15, 0.2) is 0 Å². The average molecular weight is 193 g/mol. The molecular weight excluding hydrogens is 174 g/mol. The van der Waals surface area contributed by atoms with E-state index in [-0.39, 0.29) is 0 Å². The van der Waals surface area contributed by atoms with Crippen molar-refractivity contribution in [2.75, 3.05) is 20.6 Å². The van der Waals surface area contributed by atoms with Crippen molar-refractivity contribution < 1.29 is 0 Å². The van der Waals surface area contributed by atoms with Crippen LogP contribution in [0, 0.1) is 0 Å². The van der Waals surface area contributed by atoms with Crippen LogP contribution >= 0.6 is 0 Å². The number of rotatable bonds is 5. The maximum absolute atomic E-state index is 4.00. The van der Waals surface area contributed by atoms with Crippen LogP contribution in [0.15, 0.2) is 24.5 Å². The van der Waals surface area contributed by atoms with E-state index < -0.39 is 0 Å². The molecule has 1 atom stereocenters. The zero-order valence-corrected chi connectivity index (χ0v) is 9.20. The summed E-state index contributed by atoms with van der Waals surface area (Å²) in [6.45, 7) is 4.21. The second-order valence-electron chi connectivity index (χ2n) is 3.68. The molecule has 3 heteroatoms. The quantitative estimate of drug-likeness (QED) is 0.759. The lowest BCUT2D eigenvalue weighted by Gasteiger charge is -2.24. The molecule has 0 amide bonds. The van der Waals surface area contributed by atoms with E-state index in [4.69, 9.17) is 0 Å². The zero-order valence-electron chi connectivity index (χ0n) is 9.20. The minimum absolute atomic E-state index is 0.549. The highest BCUT2D eigenvalue weighted by Crippen LogP contribution is 2.03. The monoisotopic (exact) mass is 193 g/mol. The molecule has 14 heavy (non-hydrogen) atoms. The normalized spacial score (nSPS) is 13.1. The first-order chi connectivity index (χ1) is 6.74. The van der Waals surface area contributed by atoms with Gasteiger partial charge in [0.25, 0.3) is 0 Å². The first-order valence-corrected chi connectivity index (χ1v) is 4.97. The fraction of sp³-hybridized carbons (Fsp3) is 0.545. The van der Waals surface area contributed by atoms with Crippen molar-refractivity contribution in [3.63, 3.8) is 0 Å². The number of hydrogen-bond donors (Lipinski definition) is 1. The Morgan fingerprint density at radius 2 is 2.07 bits per heavy atom. The van der Waals surface area contributed by atoms with Gasteiger partial charge in [0, 0.05) is 31.5 Å². The first kappa shape index (κ1) is 11.1. The van der Waals surface area contributed by atoms with E-state index in [1.807, 2.05) is 19.4 Å². The summed E-state index contributed by atoms with van der Waals surface area (Å²) in [7, 11) is 4.12. The predicted octanol–water partition coefficient (Wildman–Crippen LogP) is 1.12. The number of nitrogens with zero attached hydrogens (tertiary/aromatic N) is 2. The number of aromatic nitrogens is 1. The highest BCUT2D eigenvalue weighted by Gasteiger charge is 2.07. The summed E-state index contributed by atoms with van der Waals surface area (Å²) in [5, 5.41) is 3.18. The lowest BCUT2D eigenvalue weighted by molar-refractivity contribution is 0.246. The van der Waals surface area contributed by atoms with E-state index in [1.54, 1.807) is 0 Å². The van der Waals surface area contributed by atoms with Gasteiger partial charge in [-0.3, -0.25) is 9.88 Å². The Kier molecular flexibility index (Phi) is 4.56. The van der Waals surface area contributed by atoms with Crippen molar-refractivity contribution in [1.29, 1.82) is 0 Å². The van der Waals surface area contributed by atoms with Gasteiger partial charge in [-0.15, -0.1) is 0 Å². The fourth-order valence-corrected chi connectivity index (χ4v) is 1.38. The van der Waals surface area contributed by atoms with Crippen LogP contribution in [-0.2, 0) is 6.54 Å². The number of likely N-dealkylation sites (N-methyl/N-ethyl adjacent to an activating group) is 2. The van der Waals surface area contributed by atoms with E-state index in [2.05, 4.69) is 41.3 Å². The largest absolute Gasteiger partial charge is 0.318 e. The lowest BCUT2D eigenvalue weighted by Crippen LogP contribution is -2.36. The third kappa shape index (κ3) is 3.44. The Labute approximate surface area is 86.2 Å². The maximum Gasteiger partial charge on any atom is 0.0271 e. The summed E-state index contributed by atoms with van der Waals surface area (Å²) < 4.78 is 0. The lowest BCUT2D eigenvalue weighted by atomic mass is 10.2. The molecule has 1 rings (SSSR count). The number of pyridine rings is 1. The van der Waals surface area contributed by atoms with Gasteiger partial charge < -0.3 is 5.32 Å². The Balaban J connectivity index is 2.44. The van der Waals surface area contributed by atoms with Crippen molar-refractivity contribution in [1.82, 2.24) is 15.2 Å². The molecule has 1 aromatic heterocycles. The topological polar surface area (TPSA) is 28.2 Å². The van der Waals surface area contributed by atoms with Crippen molar-refractivity contribution >= 4 is 0 Å². The smallest absolute Gasteiger partial charge is 0.0271 e. The Hall–Kier alpha value is -0.930. The molecule has 78 valence electrons. The Bertz CT molecular complexity index is 248. The van der Waals surface area contributed by atoms with E-state index in [9.17, 15) is 0 Å². The van der Waals surface area contributed by atoms with E-state index >= 15 is 0 Å². The van der Waals surface area contributed by atoms with Crippen LogP contribution in [-0.4, -0.2) is 36.6 Å². The number of nitrogens with one attached hydrogen (secondary N) is 1. The number of hydrogen-bond acceptors (Lipinski definition) is 3. The molecule has 1 aromatic rings. The van der Waals surface area contributed by atoms with Gasteiger partial charge >= 0.3 is 0 Å². The summed E-state index contributed by atoms with van der Waals surface area (Å²) in [4.78, 5) is 6.33. The van der Waals surface area contributed by atoms with Crippen LogP contribution in [0.2, 0.25) is 0 Å². The molecule has 1 N–H and O–H groups in total. The molecule has 0 radical (unpaired) electrons. The van der Waals surface area contributed by atoms with E-state index in [0.717, 1.165) is 13.1 Å². The summed E-state index contributed by atoms with van der Waals surface area (Å²) in [6, 6.07) is 4.67. The molecular formula is C11H19N3. The summed E-state index contributed by atoms with van der Waals surface area (Å²) in [5.41, 5.74) is 1.31. The Morgan fingerprint density at radius 1 is 1.43 bits per heavy atom. The van der Waals surface area contributed by atoms with Crippen LogP contribution in [0.4, 0.5) is 0 Å². The van der Waals surface area contributed by atoms with Crippen molar-refractivity contribution in [3.05, 3.63) is 30.1 Å². The van der Waals surface area contributed by atoms with Gasteiger partial charge in [-0.05, 0) is 38.7 Å². The van der Waals surface area contributed by atoms with Crippen LogP contribution in [0.25, 0.3) is 0 Å². The minimum Gasteiger partial charge on any atom is -0.318 e. The summed E-state index contributed by atoms with van der Waals surface area (Å²) in [5.74, 6) is 0. The first-order valence-electron chi connectivity index (χ1n) is 4.97. The molecule has 0 saturated carbocycles. The molecule has 0 aliphatic heterocycles. The highest BCUT2D eigenvalue weighted by atomic mass is 15.1. The minimum atomic E-state index is 0.549. The average Bonchev–Trinajstić information content (AvgIpc) is 2.19. The second-order valence-corrected chi connectivity index (χ2v) is 3.68. The van der Waals surface area contributed by atoms with Crippen molar-refractivity contribution in [2.24, 2.45) is 0 Å². The van der Waals surface area contributed by atoms with Crippen LogP contribution < -0.4 is 5.32 Å². The molecule has 1 heterocycles. The highest BCUT2D eigenvalue weighted by molar-refractivity contribution is 5.09. The van der Waals surface area contributed by atoms with Gasteiger partial charge in [0.2, 0.25) is 0 Å². The van der Waals surface area contributed by atoms with Crippen molar-refractivity contribution in [2.45, 2.75) is 19.5 Å². The molecule has 0 spiro atoms. The maximum atomic E-state index is 4.00. The van der Waals surface area contributed by atoms with Crippen LogP contribution in [0.5, 0.6) is 0 Å². The van der Waals surface area contributed by atoms with Gasteiger partial charge in [-0.2, -0.15) is 0 Å². The summed E-state index contributed by atoms with van der Waals surface area (Å²) in [6.07, 6.45) is 3.68. The summed E-state index contributed by atoms with van der Waals surface area (Å²) >= 11 is 0. The molecule has 1 unspecified atom stereocenters. The third-order valence-electron chi connectivity index (χ3n) is 2.43.